The summed E-state index contributed by atoms with van der Waals surface area (Å²) >= 11 is 1.33. The molecule has 1 fully saturated rings. The van der Waals surface area contributed by atoms with E-state index in [1.807, 2.05) is 36.3 Å². The Morgan fingerprint density at radius 2 is 2.11 bits per heavy atom. The largest absolute Gasteiger partial charge is 0.375 e. The van der Waals surface area contributed by atoms with Crippen LogP contribution in [0, 0.1) is 11.8 Å². The summed E-state index contributed by atoms with van der Waals surface area (Å²) in [4.78, 5) is 24.4. The fourth-order valence-electron chi connectivity index (χ4n) is 4.08. The molecule has 6 rings (SSSR count). The molecule has 1 saturated carbocycles. The van der Waals surface area contributed by atoms with Gasteiger partial charge >= 0.3 is 0 Å². The van der Waals surface area contributed by atoms with Crippen LogP contribution in [0.1, 0.15) is 34.5 Å². The first-order chi connectivity index (χ1) is 16.9. The van der Waals surface area contributed by atoms with E-state index in [0.29, 0.717) is 30.3 Å². The molecule has 1 aliphatic carbocycles. The van der Waals surface area contributed by atoms with Crippen LogP contribution in [0.15, 0.2) is 46.7 Å². The van der Waals surface area contributed by atoms with E-state index >= 15 is 0 Å². The lowest BCUT2D eigenvalue weighted by atomic mass is 10.1. The molecule has 0 radical (unpaired) electrons. The van der Waals surface area contributed by atoms with Crippen molar-refractivity contribution in [3.05, 3.63) is 53.6 Å². The van der Waals surface area contributed by atoms with Gasteiger partial charge in [0.2, 0.25) is 5.96 Å². The Balaban J connectivity index is 1.35. The lowest BCUT2D eigenvalue weighted by molar-refractivity contribution is 0.0833. The van der Waals surface area contributed by atoms with Crippen LogP contribution >= 0.6 is 11.9 Å². The van der Waals surface area contributed by atoms with Crippen molar-refractivity contribution in [1.29, 1.82) is 0 Å². The summed E-state index contributed by atoms with van der Waals surface area (Å²) in [7, 11) is 3.59. The Bertz CT molecular complexity index is 1410. The van der Waals surface area contributed by atoms with Crippen LogP contribution < -0.4 is 9.62 Å². The van der Waals surface area contributed by atoms with Crippen molar-refractivity contribution >= 4 is 29.5 Å². The monoisotopic (exact) mass is 489 g/mol. The molecule has 3 aromatic rings. The minimum absolute atomic E-state index is 0.131. The lowest BCUT2D eigenvalue weighted by Crippen LogP contribution is -2.52. The minimum Gasteiger partial charge on any atom is -0.375 e. The van der Waals surface area contributed by atoms with Gasteiger partial charge < -0.3 is 5.11 Å². The van der Waals surface area contributed by atoms with Crippen molar-refractivity contribution in [2.45, 2.75) is 36.0 Å². The fraction of sp³-hybridized carbons (Fsp3) is 0.348. The third-order valence-electron chi connectivity index (χ3n) is 6.03. The van der Waals surface area contributed by atoms with Crippen LogP contribution in [0.5, 0.6) is 0 Å². The van der Waals surface area contributed by atoms with Crippen molar-refractivity contribution in [3.8, 4) is 11.8 Å². The number of aromatic nitrogens is 5. The van der Waals surface area contributed by atoms with Gasteiger partial charge in [0, 0.05) is 30.8 Å². The number of aliphatic hydroxyl groups is 1. The number of nitrogens with one attached hydrogen (secondary N) is 1. The number of anilines is 1. The van der Waals surface area contributed by atoms with Gasteiger partial charge in [-0.3, -0.25) is 19.3 Å². The predicted molar refractivity (Wildman–Crippen MR) is 129 cm³/mol. The number of amides is 1. The zero-order valence-electron chi connectivity index (χ0n) is 19.2. The number of hydrogen-bond acceptors (Lipinski definition) is 9. The first-order valence-corrected chi connectivity index (χ1v) is 12.0. The maximum absolute atomic E-state index is 13.7. The summed E-state index contributed by atoms with van der Waals surface area (Å²) in [5.74, 6) is 6.80. The number of rotatable bonds is 5. The Morgan fingerprint density at radius 3 is 2.83 bits per heavy atom. The SMILES string of the molecule is Cn1cc(CN2C(=O)c3cc(SNC4(O)CC4)ccc3N3C2=NCC3C#Cc2cnn(C)n2)cn1. The molecule has 0 bridgehead atoms. The molecule has 3 aliphatic rings. The number of carbonyl (C=O) groups excluding carboxylic acids is 1. The number of aliphatic imine (C=N–C) groups is 1. The number of hydrogen-bond donors (Lipinski definition) is 2. The molecular weight excluding hydrogens is 466 g/mol. The van der Waals surface area contributed by atoms with Gasteiger partial charge in [0.25, 0.3) is 5.91 Å². The second-order valence-corrected chi connectivity index (χ2v) is 9.72. The Morgan fingerprint density at radius 1 is 1.26 bits per heavy atom. The third kappa shape index (κ3) is 4.18. The van der Waals surface area contributed by atoms with E-state index in [1.54, 1.807) is 29.0 Å². The highest BCUT2D eigenvalue weighted by Crippen LogP contribution is 2.38. The number of guanidine groups is 1. The number of carbonyl (C=O) groups is 1. The van der Waals surface area contributed by atoms with Gasteiger partial charge in [0.15, 0.2) is 5.69 Å². The summed E-state index contributed by atoms with van der Waals surface area (Å²) in [6, 6.07) is 5.47. The van der Waals surface area contributed by atoms with Gasteiger partial charge in [-0.1, -0.05) is 5.92 Å². The zero-order chi connectivity index (χ0) is 24.2. The third-order valence-corrected chi connectivity index (χ3v) is 7.00. The quantitative estimate of drug-likeness (QED) is 0.308. The first-order valence-electron chi connectivity index (χ1n) is 11.2. The molecule has 12 heteroatoms. The predicted octanol–water partition coefficient (Wildman–Crippen LogP) is 0.880. The molecule has 0 saturated heterocycles. The van der Waals surface area contributed by atoms with Crippen molar-refractivity contribution in [3.63, 3.8) is 0 Å². The van der Waals surface area contributed by atoms with Gasteiger partial charge in [-0.25, -0.2) is 9.71 Å². The maximum atomic E-state index is 13.7. The summed E-state index contributed by atoms with van der Waals surface area (Å²) in [5.41, 5.74) is 2.01. The van der Waals surface area contributed by atoms with Crippen LogP contribution in [0.2, 0.25) is 0 Å². The van der Waals surface area contributed by atoms with E-state index in [0.717, 1.165) is 29.0 Å². The fourth-order valence-corrected chi connectivity index (χ4v) is 4.90. The number of fused-ring (bicyclic) bond motifs is 3. The van der Waals surface area contributed by atoms with Crippen LogP contribution in [0.3, 0.4) is 0 Å². The van der Waals surface area contributed by atoms with Crippen LogP contribution in [0.25, 0.3) is 0 Å². The molecule has 1 amide bonds. The summed E-state index contributed by atoms with van der Waals surface area (Å²) in [5, 5.41) is 22.7. The van der Waals surface area contributed by atoms with Crippen molar-refractivity contribution in [2.75, 3.05) is 11.4 Å². The maximum Gasteiger partial charge on any atom is 0.263 e. The Kier molecular flexibility index (Phi) is 5.14. The standard InChI is InChI=1S/C23H23N9O2S/c1-29-13-15(10-25-29)14-31-21(33)19-9-18(35-28-23(34)7-8-23)5-6-20(19)32-17(12-24-22(31)32)4-3-16-11-26-30(2)27-16/h5-6,9-11,13,17,28,34H,7-8,12,14H2,1-2H3. The highest BCUT2D eigenvalue weighted by Gasteiger charge is 2.42. The number of aryl methyl sites for hydroxylation is 2. The van der Waals surface area contributed by atoms with Crippen LogP contribution in [0.4, 0.5) is 5.69 Å². The molecule has 178 valence electrons. The average Bonchev–Trinajstić information content (AvgIpc) is 3.18. The van der Waals surface area contributed by atoms with E-state index in [4.69, 9.17) is 4.99 Å². The lowest BCUT2D eigenvalue weighted by Gasteiger charge is -2.37. The molecule has 35 heavy (non-hydrogen) atoms. The molecule has 4 heterocycles. The Hall–Kier alpha value is -3.66. The highest BCUT2D eigenvalue weighted by molar-refractivity contribution is 7.97. The molecule has 1 unspecified atom stereocenters. The molecule has 1 aromatic carbocycles. The second kappa shape index (κ2) is 8.23. The average molecular weight is 490 g/mol. The minimum atomic E-state index is -0.813. The van der Waals surface area contributed by atoms with E-state index in [-0.39, 0.29) is 11.9 Å². The zero-order valence-corrected chi connectivity index (χ0v) is 20.0. The summed E-state index contributed by atoms with van der Waals surface area (Å²) in [6.07, 6.45) is 6.71. The van der Waals surface area contributed by atoms with Gasteiger partial charge in [0.1, 0.15) is 11.8 Å². The highest BCUT2D eigenvalue weighted by atomic mass is 32.2. The van der Waals surface area contributed by atoms with Gasteiger partial charge in [-0.2, -0.15) is 15.0 Å². The molecule has 2 N–H and O–H groups in total. The number of benzene rings is 1. The Labute approximate surface area is 205 Å². The van der Waals surface area contributed by atoms with Gasteiger partial charge in [-0.15, -0.1) is 5.10 Å². The van der Waals surface area contributed by atoms with E-state index in [2.05, 4.69) is 31.9 Å². The van der Waals surface area contributed by atoms with Crippen molar-refractivity contribution in [1.82, 2.24) is 34.4 Å². The summed E-state index contributed by atoms with van der Waals surface area (Å²) in [6.45, 7) is 0.783. The van der Waals surface area contributed by atoms with Crippen LogP contribution in [-0.4, -0.2) is 65.0 Å². The van der Waals surface area contributed by atoms with Crippen LogP contribution in [-0.2, 0) is 20.6 Å². The van der Waals surface area contributed by atoms with E-state index < -0.39 is 5.72 Å². The number of nitrogens with zero attached hydrogens (tertiary/aromatic N) is 8. The van der Waals surface area contributed by atoms with Crippen molar-refractivity contribution in [2.24, 2.45) is 19.1 Å². The van der Waals surface area contributed by atoms with Gasteiger partial charge in [0.05, 0.1) is 36.7 Å². The molecule has 2 aromatic heterocycles. The molecule has 11 nitrogen and oxygen atoms in total. The molecule has 0 spiro atoms. The topological polar surface area (TPSA) is 117 Å². The smallest absolute Gasteiger partial charge is 0.263 e. The normalized spacial score (nSPS) is 19.7. The molecular formula is C23H23N9O2S. The first kappa shape index (κ1) is 21.8. The van der Waals surface area contributed by atoms with E-state index in [9.17, 15) is 9.90 Å². The van der Waals surface area contributed by atoms with Crippen molar-refractivity contribution < 1.29 is 9.90 Å². The van der Waals surface area contributed by atoms with E-state index in [1.165, 1.54) is 16.7 Å². The molecule has 2 aliphatic heterocycles. The second-order valence-electron chi connectivity index (χ2n) is 8.84. The summed E-state index contributed by atoms with van der Waals surface area (Å²) < 4.78 is 4.79. The van der Waals surface area contributed by atoms with Gasteiger partial charge in [-0.05, 0) is 48.9 Å². The molecule has 1 atom stereocenters.